The topological polar surface area (TPSA) is 9.86 Å². The molecule has 0 N–H and O–H groups in total. The lowest BCUT2D eigenvalue weighted by Gasteiger charge is -2.14. The van der Waals surface area contributed by atoms with Crippen molar-refractivity contribution in [2.24, 2.45) is 0 Å². The van der Waals surface area contributed by atoms with Gasteiger partial charge in [0.25, 0.3) is 0 Å². The van der Waals surface area contributed by atoms with Crippen LogP contribution in [-0.2, 0) is 0 Å². The Morgan fingerprint density at radius 1 is 0.269 bits per heavy atom. The van der Waals surface area contributed by atoms with Crippen molar-refractivity contribution >= 4 is 65.0 Å². The van der Waals surface area contributed by atoms with E-state index >= 15 is 0 Å². The van der Waals surface area contributed by atoms with Crippen LogP contribution in [0, 0.1) is 0 Å². The fourth-order valence-corrected chi connectivity index (χ4v) is 8.53. The molecular formula is C50H32N2. The molecule has 52 heavy (non-hydrogen) atoms. The Morgan fingerprint density at radius 3 is 1.54 bits per heavy atom. The molecule has 0 atom stereocenters. The maximum Gasteiger partial charge on any atom is 0.0635 e. The average molecular weight is 661 g/mol. The van der Waals surface area contributed by atoms with Gasteiger partial charge in [-0.15, -0.1) is 0 Å². The molecule has 0 saturated carbocycles. The normalized spacial score (nSPS) is 11.8. The Bertz CT molecular complexity index is 3140. The van der Waals surface area contributed by atoms with Crippen LogP contribution in [-0.4, -0.2) is 9.13 Å². The van der Waals surface area contributed by atoms with E-state index in [2.05, 4.69) is 203 Å². The van der Waals surface area contributed by atoms with Crippen molar-refractivity contribution in [3.63, 3.8) is 0 Å². The summed E-state index contributed by atoms with van der Waals surface area (Å²) in [5.74, 6) is 0. The summed E-state index contributed by atoms with van der Waals surface area (Å²) in [7, 11) is 0. The lowest BCUT2D eigenvalue weighted by atomic mass is 9.90. The lowest BCUT2D eigenvalue weighted by Crippen LogP contribution is -1.95. The molecule has 0 saturated heterocycles. The van der Waals surface area contributed by atoms with Gasteiger partial charge < -0.3 is 9.13 Å². The van der Waals surface area contributed by atoms with Crippen LogP contribution in [0.2, 0.25) is 0 Å². The molecule has 0 aliphatic heterocycles. The van der Waals surface area contributed by atoms with E-state index in [1.54, 1.807) is 0 Å². The maximum atomic E-state index is 2.42. The Labute approximate surface area is 301 Å². The minimum absolute atomic E-state index is 1.14. The number of hydrogen-bond donors (Lipinski definition) is 0. The van der Waals surface area contributed by atoms with Gasteiger partial charge in [0.05, 0.1) is 16.6 Å². The van der Waals surface area contributed by atoms with Gasteiger partial charge in [-0.05, 0) is 109 Å². The van der Waals surface area contributed by atoms with E-state index in [4.69, 9.17) is 0 Å². The standard InChI is InChI=1S/C50H32N2/c1-3-12-33(13-4-1)35-22-24-41-42-25-23-36(32-47(42)40-19-8-7-18-39(40)46(41)31-35)34-14-11-17-38(30-34)51-29-28-45-48(51)27-26-44-43-20-9-10-21-49(43)52(50(44)45)37-15-5-2-6-16-37/h1-32H. The third kappa shape index (κ3) is 4.31. The van der Waals surface area contributed by atoms with Crippen LogP contribution in [0.1, 0.15) is 0 Å². The van der Waals surface area contributed by atoms with Crippen molar-refractivity contribution in [1.82, 2.24) is 9.13 Å². The number of aromatic nitrogens is 2. The molecule has 0 unspecified atom stereocenters. The van der Waals surface area contributed by atoms with Gasteiger partial charge >= 0.3 is 0 Å². The zero-order chi connectivity index (χ0) is 34.2. The molecule has 2 aromatic heterocycles. The van der Waals surface area contributed by atoms with Crippen molar-refractivity contribution in [2.45, 2.75) is 0 Å². The van der Waals surface area contributed by atoms with Crippen LogP contribution in [0.15, 0.2) is 194 Å². The van der Waals surface area contributed by atoms with Crippen LogP contribution in [0.5, 0.6) is 0 Å². The molecule has 0 aliphatic rings. The summed E-state index contributed by atoms with van der Waals surface area (Å²) in [6, 6.07) is 68.7. The van der Waals surface area contributed by atoms with Crippen LogP contribution in [0.25, 0.3) is 98.7 Å². The fourth-order valence-electron chi connectivity index (χ4n) is 8.53. The quantitative estimate of drug-likeness (QED) is 0.166. The molecule has 0 fully saturated rings. The van der Waals surface area contributed by atoms with Crippen LogP contribution in [0.3, 0.4) is 0 Å². The molecule has 11 aromatic rings. The predicted octanol–water partition coefficient (Wildman–Crippen LogP) is 13.5. The first-order valence-corrected chi connectivity index (χ1v) is 17.9. The van der Waals surface area contributed by atoms with Gasteiger partial charge in [-0.25, -0.2) is 0 Å². The second kappa shape index (κ2) is 11.3. The molecule has 2 heteroatoms. The Balaban J connectivity index is 1.07. The van der Waals surface area contributed by atoms with Gasteiger partial charge in [-0.1, -0.05) is 133 Å². The van der Waals surface area contributed by atoms with E-state index in [0.717, 1.165) is 5.69 Å². The van der Waals surface area contributed by atoms with Gasteiger partial charge in [0, 0.05) is 33.7 Å². The minimum Gasteiger partial charge on any atom is -0.316 e. The second-order valence-corrected chi connectivity index (χ2v) is 13.8. The summed E-state index contributed by atoms with van der Waals surface area (Å²) in [5.41, 5.74) is 10.9. The average Bonchev–Trinajstić information content (AvgIpc) is 3.81. The van der Waals surface area contributed by atoms with Crippen molar-refractivity contribution in [3.8, 4) is 33.6 Å². The van der Waals surface area contributed by atoms with Crippen molar-refractivity contribution in [1.29, 1.82) is 0 Å². The van der Waals surface area contributed by atoms with Gasteiger partial charge in [0.15, 0.2) is 0 Å². The molecule has 0 amide bonds. The van der Waals surface area contributed by atoms with E-state index < -0.39 is 0 Å². The van der Waals surface area contributed by atoms with Gasteiger partial charge in [-0.3, -0.25) is 0 Å². The Morgan fingerprint density at radius 2 is 0.808 bits per heavy atom. The number of rotatable bonds is 4. The Hall–Kier alpha value is -6.90. The van der Waals surface area contributed by atoms with E-state index in [9.17, 15) is 0 Å². The highest BCUT2D eigenvalue weighted by molar-refractivity contribution is 6.26. The van der Waals surface area contributed by atoms with Crippen molar-refractivity contribution < 1.29 is 0 Å². The second-order valence-electron chi connectivity index (χ2n) is 13.8. The molecule has 2 heterocycles. The zero-order valence-corrected chi connectivity index (χ0v) is 28.4. The van der Waals surface area contributed by atoms with Gasteiger partial charge in [-0.2, -0.15) is 0 Å². The molecule has 9 aromatic carbocycles. The maximum absolute atomic E-state index is 2.42. The van der Waals surface area contributed by atoms with E-state index in [0.29, 0.717) is 0 Å². The van der Waals surface area contributed by atoms with Crippen LogP contribution in [0.4, 0.5) is 0 Å². The zero-order valence-electron chi connectivity index (χ0n) is 28.4. The van der Waals surface area contributed by atoms with Gasteiger partial charge in [0.1, 0.15) is 0 Å². The van der Waals surface area contributed by atoms with E-state index in [-0.39, 0.29) is 0 Å². The molecule has 0 aliphatic carbocycles. The molecule has 11 rings (SSSR count). The number of benzene rings is 9. The summed E-state index contributed by atoms with van der Waals surface area (Å²) in [4.78, 5) is 0. The van der Waals surface area contributed by atoms with Crippen LogP contribution < -0.4 is 0 Å². The molecule has 0 radical (unpaired) electrons. The van der Waals surface area contributed by atoms with Crippen molar-refractivity contribution in [3.05, 3.63) is 194 Å². The SMILES string of the molecule is c1ccc(-c2ccc3c4ccc(-c5cccc(-n6ccc7c6ccc6c8ccccc8n(-c8ccccc8)c67)c5)cc4c4ccccc4c3c2)cc1. The monoisotopic (exact) mass is 660 g/mol. The highest BCUT2D eigenvalue weighted by atomic mass is 15.0. The van der Waals surface area contributed by atoms with Crippen LogP contribution >= 0.6 is 0 Å². The first-order chi connectivity index (χ1) is 25.8. The number of fused-ring (bicyclic) bond motifs is 11. The summed E-state index contributed by atoms with van der Waals surface area (Å²) in [6.45, 7) is 0. The Kier molecular flexibility index (Phi) is 6.28. The summed E-state index contributed by atoms with van der Waals surface area (Å²) >= 11 is 0. The molecule has 0 bridgehead atoms. The van der Waals surface area contributed by atoms with Crippen molar-refractivity contribution in [2.75, 3.05) is 0 Å². The minimum atomic E-state index is 1.14. The summed E-state index contributed by atoms with van der Waals surface area (Å²) in [6.07, 6.45) is 2.22. The van der Waals surface area contributed by atoms with Gasteiger partial charge in [0.2, 0.25) is 0 Å². The highest BCUT2D eigenvalue weighted by Gasteiger charge is 2.17. The third-order valence-electron chi connectivity index (χ3n) is 10.9. The molecule has 242 valence electrons. The molecular weight excluding hydrogens is 629 g/mol. The first-order valence-electron chi connectivity index (χ1n) is 17.9. The smallest absolute Gasteiger partial charge is 0.0635 e. The third-order valence-corrected chi connectivity index (χ3v) is 10.9. The molecule has 0 spiro atoms. The predicted molar refractivity (Wildman–Crippen MR) is 221 cm³/mol. The lowest BCUT2D eigenvalue weighted by molar-refractivity contribution is 1.13. The number of para-hydroxylation sites is 2. The number of nitrogens with zero attached hydrogens (tertiary/aromatic N) is 2. The fraction of sp³-hybridized carbons (Fsp3) is 0. The molecule has 2 nitrogen and oxygen atoms in total. The summed E-state index contributed by atoms with van der Waals surface area (Å²) < 4.78 is 4.75. The van der Waals surface area contributed by atoms with E-state index in [1.165, 1.54) is 93.0 Å². The largest absolute Gasteiger partial charge is 0.316 e. The summed E-state index contributed by atoms with van der Waals surface area (Å²) in [5, 5.41) is 11.5. The number of hydrogen-bond acceptors (Lipinski definition) is 0. The highest BCUT2D eigenvalue weighted by Crippen LogP contribution is 2.40. The first kappa shape index (κ1) is 28.9. The van der Waals surface area contributed by atoms with E-state index in [1.807, 2.05) is 0 Å².